The molecule has 1 amide bonds. The highest BCUT2D eigenvalue weighted by Crippen LogP contribution is 2.24. The number of nitrogens with one attached hydrogen (secondary N) is 1. The molecule has 1 aliphatic heterocycles. The Labute approximate surface area is 141 Å². The number of carbonyl (C=O) groups excluding carboxylic acids is 1. The van der Waals surface area contributed by atoms with Crippen LogP contribution in [-0.2, 0) is 19.6 Å². The fourth-order valence-corrected chi connectivity index (χ4v) is 3.89. The number of benzene rings is 1. The van der Waals surface area contributed by atoms with E-state index in [0.717, 1.165) is 25.0 Å². The maximum absolute atomic E-state index is 12.6. The highest BCUT2D eigenvalue weighted by atomic mass is 32.2. The molecular weight excluding hydrogens is 332 g/mol. The van der Waals surface area contributed by atoms with Gasteiger partial charge in [0.15, 0.2) is 0 Å². The molecule has 0 saturated carbocycles. The van der Waals surface area contributed by atoms with Gasteiger partial charge in [0.2, 0.25) is 15.9 Å². The van der Waals surface area contributed by atoms with Crippen LogP contribution in [0.5, 0.6) is 0 Å². The summed E-state index contributed by atoms with van der Waals surface area (Å²) < 4.78 is 26.6. The van der Waals surface area contributed by atoms with Crippen molar-refractivity contribution >= 4 is 27.6 Å². The second-order valence-corrected chi connectivity index (χ2v) is 7.71. The summed E-state index contributed by atoms with van der Waals surface area (Å²) in [5, 5.41) is 10.9. The average Bonchev–Trinajstić information content (AvgIpc) is 2.54. The molecular formula is C16H20N2O5S. The van der Waals surface area contributed by atoms with Crippen LogP contribution >= 0.6 is 0 Å². The highest BCUT2D eigenvalue weighted by Gasteiger charge is 2.27. The maximum atomic E-state index is 12.6. The molecule has 1 fully saturated rings. The number of rotatable bonds is 5. The van der Waals surface area contributed by atoms with Crippen molar-refractivity contribution in [1.29, 1.82) is 0 Å². The summed E-state index contributed by atoms with van der Waals surface area (Å²) in [5.41, 5.74) is 0.390. The first-order valence-electron chi connectivity index (χ1n) is 7.61. The highest BCUT2D eigenvalue weighted by molar-refractivity contribution is 7.89. The number of hydrogen-bond acceptors (Lipinski definition) is 4. The van der Waals surface area contributed by atoms with Crippen molar-refractivity contribution in [1.82, 2.24) is 4.31 Å². The van der Waals surface area contributed by atoms with Crippen LogP contribution in [0.15, 0.2) is 41.3 Å². The predicted molar refractivity (Wildman–Crippen MR) is 89.0 cm³/mol. The molecule has 130 valence electrons. The monoisotopic (exact) mass is 352 g/mol. The third-order valence-corrected chi connectivity index (χ3v) is 5.79. The molecule has 2 rings (SSSR count). The van der Waals surface area contributed by atoms with E-state index in [0.29, 0.717) is 24.7 Å². The molecule has 1 saturated heterocycles. The first-order chi connectivity index (χ1) is 11.3. The Hall–Kier alpha value is -2.19. The number of hydrogen-bond donors (Lipinski definition) is 2. The van der Waals surface area contributed by atoms with Gasteiger partial charge in [0.1, 0.15) is 0 Å². The van der Waals surface area contributed by atoms with Crippen LogP contribution in [0.4, 0.5) is 5.69 Å². The lowest BCUT2D eigenvalue weighted by Gasteiger charge is -2.29. The van der Waals surface area contributed by atoms with Crippen LogP contribution in [0.1, 0.15) is 19.8 Å². The smallest absolute Gasteiger partial charge is 0.328 e. The number of carboxylic acid groups (broad SMARTS) is 1. The van der Waals surface area contributed by atoms with Crippen LogP contribution in [0.3, 0.4) is 0 Å². The van der Waals surface area contributed by atoms with E-state index in [1.807, 2.05) is 0 Å². The third-order valence-electron chi connectivity index (χ3n) is 3.88. The Balaban J connectivity index is 2.06. The van der Waals surface area contributed by atoms with E-state index in [2.05, 4.69) is 12.2 Å². The fourth-order valence-electron chi connectivity index (χ4n) is 2.42. The fraction of sp³-hybridized carbons (Fsp3) is 0.375. The van der Waals surface area contributed by atoms with Gasteiger partial charge in [0, 0.05) is 30.9 Å². The predicted octanol–water partition coefficient (Wildman–Crippen LogP) is 1.69. The molecule has 0 unspecified atom stereocenters. The lowest BCUT2D eigenvalue weighted by molar-refractivity contribution is -0.131. The van der Waals surface area contributed by atoms with Gasteiger partial charge >= 0.3 is 5.97 Å². The van der Waals surface area contributed by atoms with E-state index in [4.69, 9.17) is 5.11 Å². The zero-order valence-electron chi connectivity index (χ0n) is 13.3. The Bertz CT molecular complexity index is 732. The summed E-state index contributed by atoms with van der Waals surface area (Å²) in [6.45, 7) is 3.14. The average molecular weight is 352 g/mol. The second-order valence-electron chi connectivity index (χ2n) is 5.77. The molecule has 24 heavy (non-hydrogen) atoms. The molecule has 1 aliphatic rings. The SMILES string of the molecule is CC1CCN(S(=O)(=O)c2ccc(NC(=O)C=CC(=O)O)cc2)CC1. The molecule has 7 nitrogen and oxygen atoms in total. The van der Waals surface area contributed by atoms with Gasteiger partial charge in [-0.3, -0.25) is 4.79 Å². The van der Waals surface area contributed by atoms with Crippen LogP contribution in [0.25, 0.3) is 0 Å². The molecule has 2 N–H and O–H groups in total. The van der Waals surface area contributed by atoms with Crippen molar-refractivity contribution in [2.24, 2.45) is 5.92 Å². The van der Waals surface area contributed by atoms with Crippen molar-refractivity contribution in [2.45, 2.75) is 24.7 Å². The van der Waals surface area contributed by atoms with E-state index < -0.39 is 21.9 Å². The number of amides is 1. The second kappa shape index (κ2) is 7.59. The van der Waals surface area contributed by atoms with Crippen LogP contribution in [-0.4, -0.2) is 42.8 Å². The third kappa shape index (κ3) is 4.65. The lowest BCUT2D eigenvalue weighted by Crippen LogP contribution is -2.37. The number of anilines is 1. The van der Waals surface area contributed by atoms with Gasteiger partial charge in [-0.2, -0.15) is 4.31 Å². The minimum atomic E-state index is -3.52. The van der Waals surface area contributed by atoms with Crippen LogP contribution < -0.4 is 5.32 Å². The molecule has 1 heterocycles. The maximum Gasteiger partial charge on any atom is 0.328 e. The summed E-state index contributed by atoms with van der Waals surface area (Å²) in [4.78, 5) is 22.0. The Kier molecular flexibility index (Phi) is 5.74. The summed E-state index contributed by atoms with van der Waals surface area (Å²) >= 11 is 0. The number of carbonyl (C=O) groups is 2. The number of piperidine rings is 1. The number of aliphatic carboxylic acids is 1. The van der Waals surface area contributed by atoms with E-state index in [9.17, 15) is 18.0 Å². The topological polar surface area (TPSA) is 104 Å². The minimum Gasteiger partial charge on any atom is -0.478 e. The van der Waals surface area contributed by atoms with Gasteiger partial charge in [-0.25, -0.2) is 13.2 Å². The van der Waals surface area contributed by atoms with Gasteiger partial charge in [-0.05, 0) is 43.0 Å². The normalized spacial score (nSPS) is 17.0. The van der Waals surface area contributed by atoms with Gasteiger partial charge in [0.25, 0.3) is 0 Å². The van der Waals surface area contributed by atoms with Gasteiger partial charge < -0.3 is 10.4 Å². The summed E-state index contributed by atoms with van der Waals surface area (Å²) in [7, 11) is -3.52. The molecule has 1 aromatic carbocycles. The first kappa shape index (κ1) is 18.2. The van der Waals surface area contributed by atoms with E-state index in [-0.39, 0.29) is 4.90 Å². The first-order valence-corrected chi connectivity index (χ1v) is 9.05. The van der Waals surface area contributed by atoms with Gasteiger partial charge in [-0.15, -0.1) is 0 Å². The molecule has 0 aromatic heterocycles. The number of sulfonamides is 1. The molecule has 0 radical (unpaired) electrons. The number of carboxylic acids is 1. The van der Waals surface area contributed by atoms with Gasteiger partial charge in [0.05, 0.1) is 4.90 Å². The van der Waals surface area contributed by atoms with Crippen molar-refractivity contribution in [3.8, 4) is 0 Å². The largest absolute Gasteiger partial charge is 0.478 e. The van der Waals surface area contributed by atoms with E-state index >= 15 is 0 Å². The zero-order chi connectivity index (χ0) is 17.7. The van der Waals surface area contributed by atoms with Crippen LogP contribution in [0, 0.1) is 5.92 Å². The lowest BCUT2D eigenvalue weighted by atomic mass is 10.0. The molecule has 0 bridgehead atoms. The van der Waals surface area contributed by atoms with Crippen LogP contribution in [0.2, 0.25) is 0 Å². The molecule has 8 heteroatoms. The van der Waals surface area contributed by atoms with Gasteiger partial charge in [-0.1, -0.05) is 6.92 Å². The Morgan fingerprint density at radius 2 is 1.75 bits per heavy atom. The Morgan fingerprint density at radius 3 is 2.29 bits per heavy atom. The molecule has 0 atom stereocenters. The van der Waals surface area contributed by atoms with Crippen molar-refractivity contribution in [2.75, 3.05) is 18.4 Å². The van der Waals surface area contributed by atoms with Crippen molar-refractivity contribution in [3.05, 3.63) is 36.4 Å². The van der Waals surface area contributed by atoms with E-state index in [1.165, 1.54) is 28.6 Å². The summed E-state index contributed by atoms with van der Waals surface area (Å²) in [5.74, 6) is -1.28. The Morgan fingerprint density at radius 1 is 1.17 bits per heavy atom. The standard InChI is InChI=1S/C16H20N2O5S/c1-12-8-10-18(11-9-12)24(22,23)14-4-2-13(3-5-14)17-15(19)6-7-16(20)21/h2-7,12H,8-11H2,1H3,(H,17,19)(H,20,21). The number of nitrogens with zero attached hydrogens (tertiary/aromatic N) is 1. The summed E-state index contributed by atoms with van der Waals surface area (Å²) in [6.07, 6.45) is 3.32. The zero-order valence-corrected chi connectivity index (χ0v) is 14.1. The van der Waals surface area contributed by atoms with E-state index in [1.54, 1.807) is 0 Å². The van der Waals surface area contributed by atoms with Crippen molar-refractivity contribution in [3.63, 3.8) is 0 Å². The molecule has 0 aliphatic carbocycles. The summed E-state index contributed by atoms with van der Waals surface area (Å²) in [6, 6.07) is 5.83. The molecule has 0 spiro atoms. The van der Waals surface area contributed by atoms with Crippen molar-refractivity contribution < 1.29 is 23.1 Å². The minimum absolute atomic E-state index is 0.177. The molecule has 1 aromatic rings. The quantitative estimate of drug-likeness (QED) is 0.785.